The van der Waals surface area contributed by atoms with Crippen molar-refractivity contribution in [2.45, 2.75) is 24.4 Å². The van der Waals surface area contributed by atoms with Gasteiger partial charge in [-0.15, -0.1) is 0 Å². The third-order valence-electron chi connectivity index (χ3n) is 2.82. The quantitative estimate of drug-likeness (QED) is 0.593. The minimum atomic E-state index is -5.08. The SMILES string of the molecule is FC(F)(F)c1cncc(C2CNC2)c1.O=C(O)C(F)(F)F.O=C(O)C(F)(F)F. The van der Waals surface area contributed by atoms with Crippen LogP contribution in [0.5, 0.6) is 0 Å². The summed E-state index contributed by atoms with van der Waals surface area (Å²) in [5.41, 5.74) is 0.000440. The van der Waals surface area contributed by atoms with E-state index in [9.17, 15) is 39.5 Å². The van der Waals surface area contributed by atoms with Crippen molar-refractivity contribution in [1.82, 2.24) is 10.3 Å². The molecule has 1 aliphatic rings. The number of carboxylic acids is 2. The van der Waals surface area contributed by atoms with E-state index in [1.54, 1.807) is 0 Å². The fourth-order valence-electron chi connectivity index (χ4n) is 1.36. The minimum Gasteiger partial charge on any atom is -0.475 e. The lowest BCUT2D eigenvalue weighted by Crippen LogP contribution is -2.40. The van der Waals surface area contributed by atoms with Gasteiger partial charge in [-0.2, -0.15) is 39.5 Å². The highest BCUT2D eigenvalue weighted by Crippen LogP contribution is 2.31. The predicted octanol–water partition coefficient (Wildman–Crippen LogP) is 3.05. The molecule has 0 saturated carbocycles. The van der Waals surface area contributed by atoms with Crippen molar-refractivity contribution in [3.05, 3.63) is 29.6 Å². The van der Waals surface area contributed by atoms with Crippen LogP contribution >= 0.6 is 0 Å². The second-order valence-electron chi connectivity index (χ2n) is 4.97. The highest BCUT2D eigenvalue weighted by atomic mass is 19.4. The van der Waals surface area contributed by atoms with E-state index in [0.717, 1.165) is 19.3 Å². The molecule has 0 aromatic carbocycles. The molecule has 0 amide bonds. The Labute approximate surface area is 150 Å². The molecule has 1 aliphatic heterocycles. The summed E-state index contributed by atoms with van der Waals surface area (Å²) in [6.45, 7) is 1.48. The topological polar surface area (TPSA) is 99.5 Å². The third kappa shape index (κ3) is 9.38. The van der Waals surface area contributed by atoms with Gasteiger partial charge in [0.25, 0.3) is 0 Å². The van der Waals surface area contributed by atoms with E-state index in [4.69, 9.17) is 19.8 Å². The van der Waals surface area contributed by atoms with Gasteiger partial charge >= 0.3 is 30.5 Å². The molecular weight excluding hydrogens is 419 g/mol. The fourth-order valence-corrected chi connectivity index (χ4v) is 1.36. The number of nitrogens with one attached hydrogen (secondary N) is 1. The first-order chi connectivity index (χ1) is 12.5. The second kappa shape index (κ2) is 9.57. The van der Waals surface area contributed by atoms with Gasteiger partial charge in [-0.05, 0) is 11.6 Å². The van der Waals surface area contributed by atoms with E-state index in [0.29, 0.717) is 5.56 Å². The molecular formula is C13H11F9N2O4. The van der Waals surface area contributed by atoms with Crippen LogP contribution in [0.3, 0.4) is 0 Å². The molecule has 1 saturated heterocycles. The van der Waals surface area contributed by atoms with Crippen LogP contribution in [0.2, 0.25) is 0 Å². The molecule has 6 nitrogen and oxygen atoms in total. The highest BCUT2D eigenvalue weighted by Gasteiger charge is 2.39. The van der Waals surface area contributed by atoms with Crippen molar-refractivity contribution < 1.29 is 59.3 Å². The summed E-state index contributed by atoms with van der Waals surface area (Å²) in [6, 6.07) is 1.18. The van der Waals surface area contributed by atoms with E-state index < -0.39 is 36.0 Å². The smallest absolute Gasteiger partial charge is 0.475 e. The van der Waals surface area contributed by atoms with Crippen molar-refractivity contribution in [1.29, 1.82) is 0 Å². The van der Waals surface area contributed by atoms with Gasteiger partial charge < -0.3 is 15.5 Å². The summed E-state index contributed by atoms with van der Waals surface area (Å²) in [6.07, 6.45) is -12.1. The monoisotopic (exact) mass is 430 g/mol. The molecule has 2 heterocycles. The van der Waals surface area contributed by atoms with E-state index >= 15 is 0 Å². The number of rotatable bonds is 1. The third-order valence-corrected chi connectivity index (χ3v) is 2.82. The Kier molecular flexibility index (Phi) is 8.68. The first kappa shape index (κ1) is 25.4. The average molecular weight is 430 g/mol. The average Bonchev–Trinajstić information content (AvgIpc) is 2.44. The van der Waals surface area contributed by atoms with Crippen LogP contribution in [0.15, 0.2) is 18.5 Å². The molecule has 0 atom stereocenters. The molecule has 0 spiro atoms. The van der Waals surface area contributed by atoms with Gasteiger partial charge in [0, 0.05) is 31.4 Å². The standard InChI is InChI=1S/C9H9F3N2.2C2HF3O2/c10-9(11,12)8-1-6(2-14-5-8)7-3-13-4-7;2*3-2(4,5)1(6)7/h1-2,5,7,13H,3-4H2;2*(H,6,7). The van der Waals surface area contributed by atoms with Crippen LogP contribution < -0.4 is 5.32 Å². The number of nitrogens with zero attached hydrogens (tertiary/aromatic N) is 1. The van der Waals surface area contributed by atoms with Gasteiger partial charge in [0.1, 0.15) is 0 Å². The van der Waals surface area contributed by atoms with Crippen molar-refractivity contribution in [3.8, 4) is 0 Å². The second-order valence-corrected chi connectivity index (χ2v) is 4.97. The molecule has 3 N–H and O–H groups in total. The van der Waals surface area contributed by atoms with Gasteiger partial charge in [0.15, 0.2) is 0 Å². The number of carbonyl (C=O) groups is 2. The van der Waals surface area contributed by atoms with E-state index in [-0.39, 0.29) is 5.92 Å². The Morgan fingerprint density at radius 3 is 1.54 bits per heavy atom. The minimum absolute atomic E-state index is 0.185. The van der Waals surface area contributed by atoms with Gasteiger partial charge in [0.2, 0.25) is 0 Å². The van der Waals surface area contributed by atoms with Crippen molar-refractivity contribution in [3.63, 3.8) is 0 Å². The van der Waals surface area contributed by atoms with E-state index in [1.165, 1.54) is 12.3 Å². The molecule has 15 heteroatoms. The van der Waals surface area contributed by atoms with Gasteiger partial charge in [-0.25, -0.2) is 9.59 Å². The first-order valence-corrected chi connectivity index (χ1v) is 6.79. The van der Waals surface area contributed by atoms with Crippen LogP contribution in [0.1, 0.15) is 17.0 Å². The highest BCUT2D eigenvalue weighted by molar-refractivity contribution is 5.73. The van der Waals surface area contributed by atoms with Crippen LogP contribution in [0.4, 0.5) is 39.5 Å². The van der Waals surface area contributed by atoms with Crippen molar-refractivity contribution >= 4 is 11.9 Å². The molecule has 1 aromatic heterocycles. The summed E-state index contributed by atoms with van der Waals surface area (Å²) in [5, 5.41) is 17.3. The molecule has 160 valence electrons. The molecule has 2 rings (SSSR count). The molecule has 28 heavy (non-hydrogen) atoms. The number of carboxylic acid groups (broad SMARTS) is 2. The zero-order valence-corrected chi connectivity index (χ0v) is 13.3. The Balaban J connectivity index is 0.000000444. The fraction of sp³-hybridized carbons (Fsp3) is 0.462. The zero-order valence-electron chi connectivity index (χ0n) is 13.3. The molecule has 0 aliphatic carbocycles. The number of alkyl halides is 9. The summed E-state index contributed by atoms with van der Waals surface area (Å²) in [7, 11) is 0. The van der Waals surface area contributed by atoms with Crippen LogP contribution in [-0.2, 0) is 15.8 Å². The zero-order chi connectivity index (χ0) is 22.3. The van der Waals surface area contributed by atoms with Crippen molar-refractivity contribution in [2.75, 3.05) is 13.1 Å². The molecule has 1 fully saturated rings. The van der Waals surface area contributed by atoms with Crippen molar-refractivity contribution in [2.24, 2.45) is 0 Å². The Morgan fingerprint density at radius 2 is 1.29 bits per heavy atom. The lowest BCUT2D eigenvalue weighted by atomic mass is 9.94. The normalized spacial score (nSPS) is 14.6. The molecule has 0 unspecified atom stereocenters. The summed E-state index contributed by atoms with van der Waals surface area (Å²) in [4.78, 5) is 21.4. The predicted molar refractivity (Wildman–Crippen MR) is 72.2 cm³/mol. The van der Waals surface area contributed by atoms with Crippen LogP contribution in [-0.4, -0.2) is 52.6 Å². The lowest BCUT2D eigenvalue weighted by molar-refractivity contribution is -0.193. The number of halogens is 9. The number of hydrogen-bond acceptors (Lipinski definition) is 4. The number of aromatic nitrogens is 1. The largest absolute Gasteiger partial charge is 0.490 e. The Bertz CT molecular complexity index is 643. The Morgan fingerprint density at radius 1 is 0.893 bits per heavy atom. The molecule has 1 aromatic rings. The van der Waals surface area contributed by atoms with Gasteiger partial charge in [-0.3, -0.25) is 4.98 Å². The molecule has 0 radical (unpaired) electrons. The van der Waals surface area contributed by atoms with Gasteiger partial charge in [0.05, 0.1) is 5.56 Å². The van der Waals surface area contributed by atoms with Crippen LogP contribution in [0, 0.1) is 0 Å². The number of aliphatic carboxylic acids is 2. The maximum Gasteiger partial charge on any atom is 0.490 e. The summed E-state index contributed by atoms with van der Waals surface area (Å²) >= 11 is 0. The maximum atomic E-state index is 12.3. The van der Waals surface area contributed by atoms with E-state index in [2.05, 4.69) is 10.3 Å². The summed E-state index contributed by atoms with van der Waals surface area (Å²) < 4.78 is 100. The number of pyridine rings is 1. The van der Waals surface area contributed by atoms with Crippen LogP contribution in [0.25, 0.3) is 0 Å². The first-order valence-electron chi connectivity index (χ1n) is 6.79. The van der Waals surface area contributed by atoms with Gasteiger partial charge in [-0.1, -0.05) is 0 Å². The summed E-state index contributed by atoms with van der Waals surface area (Å²) in [5.74, 6) is -5.33. The lowest BCUT2D eigenvalue weighted by Gasteiger charge is -2.27. The maximum absolute atomic E-state index is 12.3. The Hall–Kier alpha value is -2.58. The number of hydrogen-bond donors (Lipinski definition) is 3. The molecule has 0 bridgehead atoms. The van der Waals surface area contributed by atoms with E-state index in [1.807, 2.05) is 0 Å².